The fourth-order valence-corrected chi connectivity index (χ4v) is 4.63. The van der Waals surface area contributed by atoms with Crippen LogP contribution in [-0.4, -0.2) is 25.7 Å². The Morgan fingerprint density at radius 3 is 2.71 bits per heavy atom. The molecular formula is C22H20FN5OS2. The van der Waals surface area contributed by atoms with Gasteiger partial charge in [-0.05, 0) is 31.2 Å². The number of amides is 1. The van der Waals surface area contributed by atoms with Gasteiger partial charge in [-0.2, -0.15) is 0 Å². The zero-order valence-corrected chi connectivity index (χ0v) is 18.6. The number of hydrogen-bond acceptors (Lipinski definition) is 6. The molecule has 2 aromatic carbocycles. The van der Waals surface area contributed by atoms with Gasteiger partial charge in [0.15, 0.2) is 11.0 Å². The summed E-state index contributed by atoms with van der Waals surface area (Å²) in [6.45, 7) is 2.00. The highest BCUT2D eigenvalue weighted by molar-refractivity contribution is 7.98. The van der Waals surface area contributed by atoms with Crippen molar-refractivity contribution in [3.8, 4) is 11.4 Å². The number of nitrogens with one attached hydrogen (secondary N) is 1. The SMILES string of the molecule is Cc1ccc(NC(=O)Cc2nc(CSc3nnc(-c4ccccc4F)n3C)cs2)cc1. The van der Waals surface area contributed by atoms with Gasteiger partial charge >= 0.3 is 0 Å². The fourth-order valence-electron chi connectivity index (χ4n) is 2.93. The van der Waals surface area contributed by atoms with Crippen molar-refractivity contribution in [2.24, 2.45) is 7.05 Å². The highest BCUT2D eigenvalue weighted by Gasteiger charge is 2.15. The third-order valence-corrected chi connectivity index (χ3v) is 6.50. The van der Waals surface area contributed by atoms with E-state index in [1.807, 2.05) is 43.6 Å². The molecule has 4 aromatic rings. The average Bonchev–Trinajstić information content (AvgIpc) is 3.35. The topological polar surface area (TPSA) is 72.7 Å². The second-order valence-electron chi connectivity index (χ2n) is 6.96. The number of hydrogen-bond donors (Lipinski definition) is 1. The Morgan fingerprint density at radius 1 is 1.16 bits per heavy atom. The lowest BCUT2D eigenvalue weighted by atomic mass is 10.2. The van der Waals surface area contributed by atoms with Crippen molar-refractivity contribution in [1.29, 1.82) is 0 Å². The number of thiazole rings is 1. The summed E-state index contributed by atoms with van der Waals surface area (Å²) in [6.07, 6.45) is 0.227. The largest absolute Gasteiger partial charge is 0.326 e. The van der Waals surface area contributed by atoms with E-state index in [0.29, 0.717) is 22.3 Å². The molecule has 1 N–H and O–H groups in total. The number of benzene rings is 2. The molecule has 158 valence electrons. The zero-order chi connectivity index (χ0) is 21.8. The van der Waals surface area contributed by atoms with Crippen molar-refractivity contribution in [2.75, 3.05) is 5.32 Å². The molecule has 9 heteroatoms. The molecule has 0 aliphatic heterocycles. The molecule has 31 heavy (non-hydrogen) atoms. The first-order valence-electron chi connectivity index (χ1n) is 9.56. The van der Waals surface area contributed by atoms with Crippen LogP contribution in [0.5, 0.6) is 0 Å². The number of anilines is 1. The van der Waals surface area contributed by atoms with Gasteiger partial charge in [-0.1, -0.05) is 41.6 Å². The molecule has 0 aliphatic rings. The molecule has 0 radical (unpaired) electrons. The van der Waals surface area contributed by atoms with E-state index in [1.165, 1.54) is 29.2 Å². The number of aromatic nitrogens is 4. The van der Waals surface area contributed by atoms with Crippen LogP contribution in [0.15, 0.2) is 59.1 Å². The molecule has 0 bridgehead atoms. The van der Waals surface area contributed by atoms with E-state index < -0.39 is 0 Å². The number of rotatable bonds is 7. The van der Waals surface area contributed by atoms with Gasteiger partial charge in [0.25, 0.3) is 0 Å². The summed E-state index contributed by atoms with van der Waals surface area (Å²) in [6, 6.07) is 14.2. The minimum atomic E-state index is -0.331. The molecular weight excluding hydrogens is 433 g/mol. The lowest BCUT2D eigenvalue weighted by molar-refractivity contribution is -0.115. The number of carbonyl (C=O) groups excluding carboxylic acids is 1. The summed E-state index contributed by atoms with van der Waals surface area (Å²) in [5.41, 5.74) is 3.20. The first kappa shape index (κ1) is 21.2. The van der Waals surface area contributed by atoms with E-state index >= 15 is 0 Å². The van der Waals surface area contributed by atoms with Crippen LogP contribution in [0.2, 0.25) is 0 Å². The van der Waals surface area contributed by atoms with E-state index in [2.05, 4.69) is 20.5 Å². The van der Waals surface area contributed by atoms with Crippen molar-refractivity contribution < 1.29 is 9.18 Å². The molecule has 1 amide bonds. The van der Waals surface area contributed by atoms with Gasteiger partial charge in [-0.15, -0.1) is 21.5 Å². The van der Waals surface area contributed by atoms with Crippen molar-refractivity contribution in [2.45, 2.75) is 24.3 Å². The maximum atomic E-state index is 14.0. The van der Waals surface area contributed by atoms with Gasteiger partial charge in [0, 0.05) is 23.9 Å². The van der Waals surface area contributed by atoms with Crippen LogP contribution in [0, 0.1) is 12.7 Å². The molecule has 2 aromatic heterocycles. The van der Waals surface area contributed by atoms with Crippen molar-refractivity contribution in [1.82, 2.24) is 19.7 Å². The third kappa shape index (κ3) is 5.18. The number of carbonyl (C=O) groups is 1. The second-order valence-corrected chi connectivity index (χ2v) is 8.84. The summed E-state index contributed by atoms with van der Waals surface area (Å²) in [5, 5.41) is 14.6. The lowest BCUT2D eigenvalue weighted by Crippen LogP contribution is -2.14. The third-order valence-electron chi connectivity index (χ3n) is 4.55. The highest BCUT2D eigenvalue weighted by Crippen LogP contribution is 2.27. The molecule has 0 atom stereocenters. The van der Waals surface area contributed by atoms with Crippen molar-refractivity contribution in [3.63, 3.8) is 0 Å². The number of nitrogens with zero attached hydrogens (tertiary/aromatic N) is 4. The van der Waals surface area contributed by atoms with E-state index in [9.17, 15) is 9.18 Å². The van der Waals surface area contributed by atoms with Crippen LogP contribution in [-0.2, 0) is 24.0 Å². The Hall–Kier alpha value is -3.04. The van der Waals surface area contributed by atoms with Gasteiger partial charge in [0.2, 0.25) is 5.91 Å². The molecule has 0 spiro atoms. The Kier molecular flexibility index (Phi) is 6.43. The van der Waals surface area contributed by atoms with E-state index in [4.69, 9.17) is 0 Å². The first-order valence-corrected chi connectivity index (χ1v) is 11.4. The molecule has 0 aliphatic carbocycles. The van der Waals surface area contributed by atoms with Gasteiger partial charge < -0.3 is 9.88 Å². The molecule has 0 saturated heterocycles. The van der Waals surface area contributed by atoms with Crippen LogP contribution in [0.4, 0.5) is 10.1 Å². The van der Waals surface area contributed by atoms with Crippen LogP contribution < -0.4 is 5.32 Å². The Morgan fingerprint density at radius 2 is 1.94 bits per heavy atom. The predicted molar refractivity (Wildman–Crippen MR) is 122 cm³/mol. The first-order chi connectivity index (χ1) is 15.0. The zero-order valence-electron chi connectivity index (χ0n) is 17.0. The van der Waals surface area contributed by atoms with Gasteiger partial charge in [-0.25, -0.2) is 9.37 Å². The average molecular weight is 454 g/mol. The summed E-state index contributed by atoms with van der Waals surface area (Å²) >= 11 is 2.92. The van der Waals surface area contributed by atoms with Crippen molar-refractivity contribution >= 4 is 34.7 Å². The number of aryl methyl sites for hydroxylation is 1. The van der Waals surface area contributed by atoms with Crippen LogP contribution in [0.3, 0.4) is 0 Å². The predicted octanol–water partition coefficient (Wildman–Crippen LogP) is 4.86. The molecule has 0 saturated carbocycles. The Labute approximate surface area is 187 Å². The highest BCUT2D eigenvalue weighted by atomic mass is 32.2. The van der Waals surface area contributed by atoms with E-state index in [1.54, 1.807) is 22.8 Å². The molecule has 6 nitrogen and oxygen atoms in total. The molecule has 2 heterocycles. The Bertz CT molecular complexity index is 1200. The fraction of sp³-hybridized carbons (Fsp3) is 0.182. The maximum Gasteiger partial charge on any atom is 0.231 e. The smallest absolute Gasteiger partial charge is 0.231 e. The normalized spacial score (nSPS) is 10.9. The van der Waals surface area contributed by atoms with E-state index in [-0.39, 0.29) is 18.1 Å². The van der Waals surface area contributed by atoms with Crippen LogP contribution >= 0.6 is 23.1 Å². The van der Waals surface area contributed by atoms with Crippen molar-refractivity contribution in [3.05, 3.63) is 76.0 Å². The number of halogens is 1. The molecule has 0 fully saturated rings. The Balaban J connectivity index is 1.35. The monoisotopic (exact) mass is 453 g/mol. The summed E-state index contributed by atoms with van der Waals surface area (Å²) in [4.78, 5) is 16.8. The van der Waals surface area contributed by atoms with Crippen LogP contribution in [0.1, 0.15) is 16.3 Å². The standard InChI is InChI=1S/C22H20FN5OS2/c1-14-7-9-15(10-8-14)24-19(29)11-20-25-16(12-30-20)13-31-22-27-26-21(28(22)2)17-5-3-4-6-18(17)23/h3-10,12H,11,13H2,1-2H3,(H,24,29). The lowest BCUT2D eigenvalue weighted by Gasteiger charge is -2.04. The minimum Gasteiger partial charge on any atom is -0.326 e. The summed E-state index contributed by atoms with van der Waals surface area (Å²) < 4.78 is 15.8. The van der Waals surface area contributed by atoms with Gasteiger partial charge in [-0.3, -0.25) is 4.79 Å². The quantitative estimate of drug-likeness (QED) is 0.405. The van der Waals surface area contributed by atoms with E-state index in [0.717, 1.165) is 22.0 Å². The minimum absolute atomic E-state index is 0.0970. The van der Waals surface area contributed by atoms with Gasteiger partial charge in [0.1, 0.15) is 10.8 Å². The molecule has 4 rings (SSSR count). The number of thioether (sulfide) groups is 1. The molecule has 0 unspecified atom stereocenters. The summed E-state index contributed by atoms with van der Waals surface area (Å²) in [5.74, 6) is 0.634. The second kappa shape index (κ2) is 9.40. The van der Waals surface area contributed by atoms with Crippen LogP contribution in [0.25, 0.3) is 11.4 Å². The maximum absolute atomic E-state index is 14.0. The summed E-state index contributed by atoms with van der Waals surface area (Å²) in [7, 11) is 1.81. The van der Waals surface area contributed by atoms with Gasteiger partial charge in [0.05, 0.1) is 17.7 Å².